The number of aromatic nitrogens is 2. The Balaban J connectivity index is 1.11. The topological polar surface area (TPSA) is 75.4 Å². The molecule has 6 aliphatic rings. The highest BCUT2D eigenvalue weighted by molar-refractivity contribution is 5.95. The standard InChI is InChI=1S/C48H52N6O2/c1-5-31-29-53-21-17-33(31)23-45(53)47(39-15-19-49-43-13-11-37(55-3)25-41(39)43)51-27-35-9-7-8-10-36(35)28-52-48(46-24-34-18-22-54(46)30-32(34)6-2)40-16-20-50-44-14-12-38(56-4)26-42(40)44/h5-16,19-20,25-28,31-34,45-48H,1-2,17-18,21-24,29-30H2,3-4H3/t31-,32?,33?,34?,45-,46-,47-,48-/m0/s1. The number of benzene rings is 3. The van der Waals surface area contributed by atoms with Crippen molar-refractivity contribution in [2.24, 2.45) is 33.7 Å². The molecule has 0 radical (unpaired) electrons. The van der Waals surface area contributed by atoms with Gasteiger partial charge in [-0.2, -0.15) is 0 Å². The first-order valence-corrected chi connectivity index (χ1v) is 20.3. The lowest BCUT2D eigenvalue weighted by Crippen LogP contribution is -2.54. The minimum absolute atomic E-state index is 0.0829. The average Bonchev–Trinajstić information content (AvgIpc) is 3.27. The Hall–Kier alpha value is -5.18. The predicted molar refractivity (Wildman–Crippen MR) is 227 cm³/mol. The van der Waals surface area contributed by atoms with Crippen molar-refractivity contribution in [3.8, 4) is 11.5 Å². The highest BCUT2D eigenvalue weighted by atomic mass is 16.5. The third-order valence-corrected chi connectivity index (χ3v) is 13.4. The molecule has 0 aliphatic carbocycles. The lowest BCUT2D eigenvalue weighted by molar-refractivity contribution is 0.00795. The van der Waals surface area contributed by atoms with E-state index in [1.807, 2.05) is 24.5 Å². The predicted octanol–water partition coefficient (Wildman–Crippen LogP) is 8.91. The SMILES string of the molecule is C=CC1CN2CCC1C[C@H]2[C@@H](N=Cc1ccccc1C=N[C@@H](c1ccnc2ccc(OC)cc12)[C@@H]1CC2CCN1C[C@@H]2C=C)c1ccnc2ccc(OC)cc12. The van der Waals surface area contributed by atoms with Crippen molar-refractivity contribution in [1.82, 2.24) is 19.8 Å². The van der Waals surface area contributed by atoms with Crippen LogP contribution in [0.2, 0.25) is 0 Å². The van der Waals surface area contributed by atoms with Gasteiger partial charge in [0.1, 0.15) is 11.5 Å². The molecule has 5 unspecified atom stereocenters. The van der Waals surface area contributed by atoms with Gasteiger partial charge in [0, 0.05) is 71.9 Å². The van der Waals surface area contributed by atoms with Crippen LogP contribution in [0.4, 0.5) is 0 Å². The van der Waals surface area contributed by atoms with Crippen molar-refractivity contribution < 1.29 is 9.47 Å². The first-order valence-electron chi connectivity index (χ1n) is 20.3. The first-order chi connectivity index (χ1) is 27.5. The van der Waals surface area contributed by atoms with Crippen LogP contribution >= 0.6 is 0 Å². The monoisotopic (exact) mass is 744 g/mol. The molecule has 0 saturated carbocycles. The van der Waals surface area contributed by atoms with Gasteiger partial charge in [0.05, 0.1) is 37.3 Å². The van der Waals surface area contributed by atoms with E-state index in [1.54, 1.807) is 14.2 Å². The summed E-state index contributed by atoms with van der Waals surface area (Å²) in [4.78, 5) is 25.9. The molecular weight excluding hydrogens is 693 g/mol. The fraction of sp³-hybridized carbons (Fsp3) is 0.375. The number of pyridine rings is 2. The largest absolute Gasteiger partial charge is 0.497 e. The molecule has 8 nitrogen and oxygen atoms in total. The summed E-state index contributed by atoms with van der Waals surface area (Å²) in [6.45, 7) is 12.6. The maximum Gasteiger partial charge on any atom is 0.119 e. The zero-order chi connectivity index (χ0) is 38.2. The Morgan fingerprint density at radius 3 is 1.52 bits per heavy atom. The third kappa shape index (κ3) is 6.83. The Kier molecular flexibility index (Phi) is 10.3. The fourth-order valence-electron chi connectivity index (χ4n) is 10.3. The van der Waals surface area contributed by atoms with Crippen LogP contribution in [0.25, 0.3) is 21.8 Å². The van der Waals surface area contributed by atoms with Gasteiger partial charge in [0.2, 0.25) is 0 Å². The quantitative estimate of drug-likeness (QED) is 0.0939. The number of rotatable bonds is 12. The third-order valence-electron chi connectivity index (χ3n) is 13.4. The van der Waals surface area contributed by atoms with E-state index in [0.717, 1.165) is 83.5 Å². The van der Waals surface area contributed by atoms with Crippen molar-refractivity contribution in [2.45, 2.75) is 49.9 Å². The number of nitrogens with zero attached hydrogens (tertiary/aromatic N) is 6. The maximum atomic E-state index is 5.69. The highest BCUT2D eigenvalue weighted by Crippen LogP contribution is 2.45. The fourth-order valence-corrected chi connectivity index (χ4v) is 10.3. The lowest BCUT2D eigenvalue weighted by Gasteiger charge is -2.51. The molecule has 6 saturated heterocycles. The summed E-state index contributed by atoms with van der Waals surface area (Å²) in [6, 6.07) is 25.5. The molecule has 10 atom stereocenters. The van der Waals surface area contributed by atoms with Crippen molar-refractivity contribution in [3.05, 3.63) is 133 Å². The van der Waals surface area contributed by atoms with Crippen LogP contribution in [0.5, 0.6) is 11.5 Å². The van der Waals surface area contributed by atoms with Gasteiger partial charge in [0.25, 0.3) is 0 Å². The molecule has 11 rings (SSSR count). The van der Waals surface area contributed by atoms with Gasteiger partial charge in [-0.05, 0) is 122 Å². The molecule has 3 aromatic carbocycles. The molecule has 4 bridgehead atoms. The zero-order valence-corrected chi connectivity index (χ0v) is 32.6. The Bertz CT molecular complexity index is 2140. The van der Waals surface area contributed by atoms with Crippen LogP contribution < -0.4 is 9.47 Å². The van der Waals surface area contributed by atoms with E-state index in [0.29, 0.717) is 23.7 Å². The second-order valence-corrected chi connectivity index (χ2v) is 16.1. The van der Waals surface area contributed by atoms with Crippen molar-refractivity contribution in [3.63, 3.8) is 0 Å². The van der Waals surface area contributed by atoms with E-state index in [2.05, 4.69) is 108 Å². The Morgan fingerprint density at radius 1 is 0.661 bits per heavy atom. The van der Waals surface area contributed by atoms with Crippen LogP contribution in [-0.2, 0) is 0 Å². The van der Waals surface area contributed by atoms with Crippen LogP contribution in [0.15, 0.2) is 120 Å². The summed E-state index contributed by atoms with van der Waals surface area (Å²) in [5, 5.41) is 2.18. The average molecular weight is 745 g/mol. The van der Waals surface area contributed by atoms with E-state index < -0.39 is 0 Å². The second kappa shape index (κ2) is 15.8. The lowest BCUT2D eigenvalue weighted by atomic mass is 9.73. The number of aliphatic imine (C=N–C) groups is 2. The molecule has 5 aromatic rings. The molecule has 6 fully saturated rings. The van der Waals surface area contributed by atoms with Crippen LogP contribution in [0, 0.1) is 23.7 Å². The minimum atomic E-state index is -0.0829. The number of methoxy groups -OCH3 is 2. The molecule has 8 heterocycles. The molecule has 0 amide bonds. The summed E-state index contributed by atoms with van der Waals surface area (Å²) >= 11 is 0. The Morgan fingerprint density at radius 2 is 1.12 bits per heavy atom. The highest BCUT2D eigenvalue weighted by Gasteiger charge is 2.44. The molecule has 286 valence electrons. The normalized spacial score (nSPS) is 28.2. The van der Waals surface area contributed by atoms with Gasteiger partial charge in [-0.3, -0.25) is 29.8 Å². The zero-order valence-electron chi connectivity index (χ0n) is 32.6. The van der Waals surface area contributed by atoms with Gasteiger partial charge in [-0.15, -0.1) is 13.2 Å². The molecule has 0 spiro atoms. The maximum absolute atomic E-state index is 5.69. The van der Waals surface area contributed by atoms with E-state index >= 15 is 0 Å². The smallest absolute Gasteiger partial charge is 0.119 e. The number of ether oxygens (including phenoxy) is 2. The van der Waals surface area contributed by atoms with Crippen molar-refractivity contribution in [2.75, 3.05) is 40.4 Å². The second-order valence-electron chi connectivity index (χ2n) is 16.1. The molecule has 56 heavy (non-hydrogen) atoms. The van der Waals surface area contributed by atoms with Crippen molar-refractivity contribution in [1.29, 1.82) is 0 Å². The van der Waals surface area contributed by atoms with Crippen LogP contribution in [-0.4, -0.2) is 84.7 Å². The summed E-state index contributed by atoms with van der Waals surface area (Å²) in [5.41, 5.74) is 6.37. The van der Waals surface area contributed by atoms with Gasteiger partial charge in [0.15, 0.2) is 0 Å². The number of hydrogen-bond acceptors (Lipinski definition) is 8. The number of fused-ring (bicyclic) bond motifs is 8. The molecule has 8 heteroatoms. The van der Waals surface area contributed by atoms with E-state index in [1.165, 1.54) is 24.0 Å². The van der Waals surface area contributed by atoms with Crippen LogP contribution in [0.3, 0.4) is 0 Å². The van der Waals surface area contributed by atoms with Gasteiger partial charge in [-0.25, -0.2) is 0 Å². The van der Waals surface area contributed by atoms with Crippen molar-refractivity contribution >= 4 is 34.2 Å². The van der Waals surface area contributed by atoms with E-state index in [-0.39, 0.29) is 24.2 Å². The summed E-state index contributed by atoms with van der Waals surface area (Å²) in [7, 11) is 3.44. The minimum Gasteiger partial charge on any atom is -0.497 e. The van der Waals surface area contributed by atoms with E-state index in [4.69, 9.17) is 29.4 Å². The summed E-state index contributed by atoms with van der Waals surface area (Å²) in [6.07, 6.45) is 17.0. The van der Waals surface area contributed by atoms with Gasteiger partial charge >= 0.3 is 0 Å². The van der Waals surface area contributed by atoms with E-state index in [9.17, 15) is 0 Å². The Labute approximate surface area is 330 Å². The number of hydrogen-bond donors (Lipinski definition) is 0. The molecule has 2 aromatic heterocycles. The molecule has 0 N–H and O–H groups in total. The molecular formula is C48H52N6O2. The number of piperidine rings is 6. The summed E-state index contributed by atoms with van der Waals surface area (Å²) < 4.78 is 11.4. The first kappa shape index (κ1) is 36.5. The summed E-state index contributed by atoms with van der Waals surface area (Å²) in [5.74, 6) is 3.95. The molecule has 6 aliphatic heterocycles. The van der Waals surface area contributed by atoms with Crippen LogP contribution in [0.1, 0.15) is 60.0 Å². The van der Waals surface area contributed by atoms with Gasteiger partial charge in [-0.1, -0.05) is 36.4 Å². The van der Waals surface area contributed by atoms with Gasteiger partial charge < -0.3 is 9.47 Å².